The third-order valence-electron chi connectivity index (χ3n) is 4.67. The van der Waals surface area contributed by atoms with E-state index in [2.05, 4.69) is 10.3 Å². The summed E-state index contributed by atoms with van der Waals surface area (Å²) >= 11 is 1.63. The number of hydrogen-bond donors (Lipinski definition) is 1. The summed E-state index contributed by atoms with van der Waals surface area (Å²) in [5, 5.41) is 6.08. The van der Waals surface area contributed by atoms with Gasteiger partial charge in [0.15, 0.2) is 6.61 Å². The zero-order valence-electron chi connectivity index (χ0n) is 15.5. The number of carbonyl (C=O) groups excluding carboxylic acids is 2. The summed E-state index contributed by atoms with van der Waals surface area (Å²) in [7, 11) is 0. The van der Waals surface area contributed by atoms with Crippen LogP contribution in [0.25, 0.3) is 0 Å². The van der Waals surface area contributed by atoms with Crippen LogP contribution in [0.15, 0.2) is 35.7 Å². The Morgan fingerprint density at radius 3 is 2.67 bits per heavy atom. The minimum Gasteiger partial charge on any atom is -0.484 e. The molecule has 0 saturated carbocycles. The molecule has 2 amide bonds. The van der Waals surface area contributed by atoms with E-state index in [1.54, 1.807) is 16.2 Å². The van der Waals surface area contributed by atoms with Crippen LogP contribution in [0.5, 0.6) is 5.75 Å². The summed E-state index contributed by atoms with van der Waals surface area (Å²) in [6.45, 7) is 3.81. The Balaban J connectivity index is 1.35. The van der Waals surface area contributed by atoms with Crippen LogP contribution in [0.2, 0.25) is 0 Å². The molecule has 0 spiro atoms. The number of ether oxygens (including phenoxy) is 1. The number of nitrogens with zero attached hydrogens (tertiary/aromatic N) is 2. The molecule has 1 aromatic heterocycles. The number of para-hydroxylation sites is 1. The zero-order chi connectivity index (χ0) is 19.1. The molecule has 0 aliphatic carbocycles. The lowest BCUT2D eigenvalue weighted by Gasteiger charge is -2.31. The molecule has 1 fully saturated rings. The maximum atomic E-state index is 12.3. The molecule has 2 heterocycles. The Morgan fingerprint density at radius 1 is 1.26 bits per heavy atom. The number of aromatic nitrogens is 1. The topological polar surface area (TPSA) is 71.5 Å². The minimum absolute atomic E-state index is 0.0266. The largest absolute Gasteiger partial charge is 0.484 e. The van der Waals surface area contributed by atoms with Crippen molar-refractivity contribution in [1.29, 1.82) is 0 Å². The predicted molar refractivity (Wildman–Crippen MR) is 105 cm³/mol. The average Bonchev–Trinajstić information content (AvgIpc) is 3.12. The molecular formula is C20H25N3O3S. The summed E-state index contributed by atoms with van der Waals surface area (Å²) in [6, 6.07) is 9.31. The SMILES string of the molecule is Cc1nc(CCNC(=O)C2CCN(C(=O)COc3ccccc3)CC2)cs1. The van der Waals surface area contributed by atoms with Gasteiger partial charge in [-0.05, 0) is 31.9 Å². The molecule has 1 aliphatic heterocycles. The van der Waals surface area contributed by atoms with E-state index in [4.69, 9.17) is 4.74 Å². The van der Waals surface area contributed by atoms with E-state index in [0.717, 1.165) is 17.1 Å². The quantitative estimate of drug-likeness (QED) is 0.792. The Bertz CT molecular complexity index is 755. The Kier molecular flexibility index (Phi) is 6.81. The molecule has 3 rings (SSSR count). The van der Waals surface area contributed by atoms with Crippen LogP contribution in [0.4, 0.5) is 0 Å². The molecule has 0 unspecified atom stereocenters. The van der Waals surface area contributed by atoms with E-state index in [-0.39, 0.29) is 24.3 Å². The number of thiazole rings is 1. The molecule has 6 nitrogen and oxygen atoms in total. The van der Waals surface area contributed by atoms with Crippen LogP contribution in [-0.4, -0.2) is 47.9 Å². The number of hydrogen-bond acceptors (Lipinski definition) is 5. The second-order valence-corrected chi connectivity index (χ2v) is 7.72. The molecule has 1 aliphatic rings. The van der Waals surface area contributed by atoms with Crippen molar-refractivity contribution < 1.29 is 14.3 Å². The first-order chi connectivity index (χ1) is 13.1. The lowest BCUT2D eigenvalue weighted by atomic mass is 9.96. The highest BCUT2D eigenvalue weighted by Crippen LogP contribution is 2.18. The number of aryl methyl sites for hydroxylation is 1. The zero-order valence-corrected chi connectivity index (χ0v) is 16.3. The number of carbonyl (C=O) groups is 2. The normalized spacial score (nSPS) is 14.8. The van der Waals surface area contributed by atoms with Crippen molar-refractivity contribution in [1.82, 2.24) is 15.2 Å². The van der Waals surface area contributed by atoms with Crippen molar-refractivity contribution >= 4 is 23.2 Å². The molecule has 2 aromatic rings. The standard InChI is InChI=1S/C20H25N3O3S/c1-15-22-17(14-27-15)7-10-21-20(25)16-8-11-23(12-9-16)19(24)13-26-18-5-3-2-4-6-18/h2-6,14,16H,7-13H2,1H3,(H,21,25). The Labute approximate surface area is 163 Å². The smallest absolute Gasteiger partial charge is 0.260 e. The van der Waals surface area contributed by atoms with Crippen molar-refractivity contribution in [3.05, 3.63) is 46.4 Å². The third-order valence-corrected chi connectivity index (χ3v) is 5.49. The van der Waals surface area contributed by atoms with Gasteiger partial charge in [0.05, 0.1) is 10.7 Å². The molecule has 1 aromatic carbocycles. The van der Waals surface area contributed by atoms with E-state index < -0.39 is 0 Å². The second kappa shape index (κ2) is 9.50. The second-order valence-electron chi connectivity index (χ2n) is 6.66. The van der Waals surface area contributed by atoms with Gasteiger partial charge in [-0.3, -0.25) is 9.59 Å². The average molecular weight is 388 g/mol. The molecular weight excluding hydrogens is 362 g/mol. The molecule has 27 heavy (non-hydrogen) atoms. The third kappa shape index (κ3) is 5.79. The van der Waals surface area contributed by atoms with Crippen molar-refractivity contribution in [2.45, 2.75) is 26.2 Å². The van der Waals surface area contributed by atoms with Gasteiger partial charge in [0.1, 0.15) is 5.75 Å². The van der Waals surface area contributed by atoms with E-state index >= 15 is 0 Å². The van der Waals surface area contributed by atoms with Crippen LogP contribution in [0.1, 0.15) is 23.5 Å². The van der Waals surface area contributed by atoms with Gasteiger partial charge in [0, 0.05) is 37.4 Å². The fourth-order valence-corrected chi connectivity index (χ4v) is 3.77. The van der Waals surface area contributed by atoms with Crippen molar-refractivity contribution in [3.63, 3.8) is 0 Å². The number of likely N-dealkylation sites (tertiary alicyclic amines) is 1. The minimum atomic E-state index is -0.0309. The highest BCUT2D eigenvalue weighted by Gasteiger charge is 2.27. The summed E-state index contributed by atoms with van der Waals surface area (Å²) < 4.78 is 5.52. The first-order valence-corrected chi connectivity index (χ1v) is 10.1. The van der Waals surface area contributed by atoms with Gasteiger partial charge in [-0.25, -0.2) is 4.98 Å². The van der Waals surface area contributed by atoms with Crippen molar-refractivity contribution in [3.8, 4) is 5.75 Å². The number of nitrogens with one attached hydrogen (secondary N) is 1. The van der Waals surface area contributed by atoms with E-state index in [1.807, 2.05) is 42.6 Å². The van der Waals surface area contributed by atoms with Crippen LogP contribution >= 0.6 is 11.3 Å². The molecule has 0 radical (unpaired) electrons. The lowest BCUT2D eigenvalue weighted by molar-refractivity contribution is -0.137. The monoisotopic (exact) mass is 387 g/mol. The summed E-state index contributed by atoms with van der Waals surface area (Å²) in [5.74, 6) is 0.711. The van der Waals surface area contributed by atoms with Crippen LogP contribution < -0.4 is 10.1 Å². The first kappa shape index (κ1) is 19.4. The molecule has 0 bridgehead atoms. The van der Waals surface area contributed by atoms with Crippen LogP contribution in [-0.2, 0) is 16.0 Å². The molecule has 1 saturated heterocycles. The van der Waals surface area contributed by atoms with Gasteiger partial charge in [-0.1, -0.05) is 18.2 Å². The van der Waals surface area contributed by atoms with E-state index in [9.17, 15) is 9.59 Å². The van der Waals surface area contributed by atoms with Gasteiger partial charge >= 0.3 is 0 Å². The number of rotatable bonds is 7. The van der Waals surface area contributed by atoms with Crippen LogP contribution in [0, 0.1) is 12.8 Å². The Hall–Kier alpha value is -2.41. The van der Waals surface area contributed by atoms with Gasteiger partial charge in [0.2, 0.25) is 5.91 Å². The predicted octanol–water partition coefficient (Wildman–Crippen LogP) is 2.43. The van der Waals surface area contributed by atoms with Crippen molar-refractivity contribution in [2.75, 3.05) is 26.2 Å². The highest BCUT2D eigenvalue weighted by molar-refractivity contribution is 7.09. The highest BCUT2D eigenvalue weighted by atomic mass is 32.1. The molecule has 0 atom stereocenters. The van der Waals surface area contributed by atoms with Gasteiger partial charge < -0.3 is 15.0 Å². The van der Waals surface area contributed by atoms with Gasteiger partial charge in [0.25, 0.3) is 5.91 Å². The fourth-order valence-electron chi connectivity index (χ4n) is 3.13. The van der Waals surface area contributed by atoms with E-state index in [1.165, 1.54) is 0 Å². The lowest BCUT2D eigenvalue weighted by Crippen LogP contribution is -2.44. The van der Waals surface area contributed by atoms with E-state index in [0.29, 0.717) is 38.2 Å². The van der Waals surface area contributed by atoms with Gasteiger partial charge in [-0.2, -0.15) is 0 Å². The van der Waals surface area contributed by atoms with Crippen LogP contribution in [0.3, 0.4) is 0 Å². The maximum absolute atomic E-state index is 12.3. The number of amides is 2. The number of piperidine rings is 1. The molecule has 144 valence electrons. The van der Waals surface area contributed by atoms with Crippen molar-refractivity contribution in [2.24, 2.45) is 5.92 Å². The fraction of sp³-hybridized carbons (Fsp3) is 0.450. The first-order valence-electron chi connectivity index (χ1n) is 9.26. The Morgan fingerprint density at radius 2 is 2.00 bits per heavy atom. The summed E-state index contributed by atoms with van der Waals surface area (Å²) in [5.41, 5.74) is 1.02. The summed E-state index contributed by atoms with van der Waals surface area (Å²) in [4.78, 5) is 30.8. The maximum Gasteiger partial charge on any atom is 0.260 e. The molecule has 7 heteroatoms. The number of benzene rings is 1. The molecule has 1 N–H and O–H groups in total. The van der Waals surface area contributed by atoms with Gasteiger partial charge in [-0.15, -0.1) is 11.3 Å². The summed E-state index contributed by atoms with van der Waals surface area (Å²) in [6.07, 6.45) is 2.14.